The number of hydrogen-bond acceptors (Lipinski definition) is 5. The number of carbonyl (C=O) groups excluding carboxylic acids is 1. The minimum atomic E-state index is -0.109. The molecule has 1 aromatic heterocycles. The molecule has 0 radical (unpaired) electrons. The fraction of sp³-hybridized carbons (Fsp3) is 0.238. The molecule has 7 heteroatoms. The molecule has 0 spiro atoms. The summed E-state index contributed by atoms with van der Waals surface area (Å²) in [6, 6.07) is 11.6. The fourth-order valence-electron chi connectivity index (χ4n) is 2.91. The number of likely N-dealkylation sites (N-methyl/N-ethyl adjacent to an activating group) is 1. The number of amides is 1. The topological polar surface area (TPSA) is 51.7 Å². The van der Waals surface area contributed by atoms with Gasteiger partial charge in [-0.3, -0.25) is 4.79 Å². The Morgan fingerprint density at radius 2 is 2.11 bits per heavy atom. The minimum absolute atomic E-state index is 0.109. The van der Waals surface area contributed by atoms with Crippen molar-refractivity contribution in [1.29, 1.82) is 0 Å². The molecule has 0 fully saturated rings. The summed E-state index contributed by atoms with van der Waals surface area (Å²) >= 11 is 7.90. The Labute approximate surface area is 172 Å². The van der Waals surface area contributed by atoms with Crippen LogP contribution >= 0.6 is 22.9 Å². The van der Waals surface area contributed by atoms with Gasteiger partial charge < -0.3 is 14.4 Å². The summed E-state index contributed by atoms with van der Waals surface area (Å²) in [5.74, 6) is 1.07. The zero-order valence-corrected chi connectivity index (χ0v) is 16.9. The predicted molar refractivity (Wildman–Crippen MR) is 112 cm³/mol. The lowest BCUT2D eigenvalue weighted by atomic mass is 10.2. The first-order valence-corrected chi connectivity index (χ1v) is 10.2. The lowest BCUT2D eigenvalue weighted by molar-refractivity contribution is -0.125. The molecule has 3 aromatic rings. The van der Waals surface area contributed by atoms with E-state index < -0.39 is 0 Å². The Bertz CT molecular complexity index is 1010. The van der Waals surface area contributed by atoms with E-state index in [1.807, 2.05) is 30.3 Å². The molecule has 5 nitrogen and oxygen atoms in total. The van der Waals surface area contributed by atoms with E-state index in [-0.39, 0.29) is 5.91 Å². The number of nitrogens with zero attached hydrogens (tertiary/aromatic N) is 2. The molecule has 0 aliphatic carbocycles. The SMILES string of the molecule is CN(Cc1nc2ccccc2s1)C(=O)C=Cc1cc(Cl)c2c(c1)OCCCO2. The van der Waals surface area contributed by atoms with Crippen LogP contribution in [-0.2, 0) is 11.3 Å². The molecule has 144 valence electrons. The largest absolute Gasteiger partial charge is 0.489 e. The van der Waals surface area contributed by atoms with E-state index in [0.29, 0.717) is 36.3 Å². The molecule has 1 aliphatic heterocycles. The Morgan fingerprint density at radius 3 is 2.96 bits per heavy atom. The maximum Gasteiger partial charge on any atom is 0.246 e. The zero-order valence-electron chi connectivity index (χ0n) is 15.4. The lowest BCUT2D eigenvalue weighted by Crippen LogP contribution is -2.23. The number of hydrogen-bond donors (Lipinski definition) is 0. The van der Waals surface area contributed by atoms with Crippen LogP contribution in [0.3, 0.4) is 0 Å². The van der Waals surface area contributed by atoms with Crippen molar-refractivity contribution in [2.45, 2.75) is 13.0 Å². The van der Waals surface area contributed by atoms with E-state index in [1.165, 1.54) is 6.08 Å². The summed E-state index contributed by atoms with van der Waals surface area (Å²) in [5.41, 5.74) is 1.75. The number of halogens is 1. The molecular formula is C21H19ClN2O3S. The third-order valence-electron chi connectivity index (χ3n) is 4.33. The third-order valence-corrected chi connectivity index (χ3v) is 5.63. The molecule has 0 atom stereocenters. The first-order chi connectivity index (χ1) is 13.6. The van der Waals surface area contributed by atoms with E-state index in [4.69, 9.17) is 21.1 Å². The summed E-state index contributed by atoms with van der Waals surface area (Å²) in [5, 5.41) is 1.39. The number of aromatic nitrogens is 1. The van der Waals surface area contributed by atoms with Crippen LogP contribution in [0.2, 0.25) is 5.02 Å². The Morgan fingerprint density at radius 1 is 1.29 bits per heavy atom. The van der Waals surface area contributed by atoms with Crippen LogP contribution in [0.5, 0.6) is 11.5 Å². The molecule has 1 amide bonds. The van der Waals surface area contributed by atoms with Crippen molar-refractivity contribution >= 4 is 45.1 Å². The van der Waals surface area contributed by atoms with Crippen molar-refractivity contribution in [3.05, 3.63) is 58.1 Å². The number of rotatable bonds is 4. The number of carbonyl (C=O) groups is 1. The van der Waals surface area contributed by atoms with Crippen LogP contribution in [0.1, 0.15) is 17.0 Å². The van der Waals surface area contributed by atoms with Gasteiger partial charge in [0.1, 0.15) is 5.01 Å². The lowest BCUT2D eigenvalue weighted by Gasteiger charge is -2.13. The number of thiazole rings is 1. The molecule has 1 aliphatic rings. The summed E-state index contributed by atoms with van der Waals surface area (Å²) in [6.07, 6.45) is 4.08. The number of ether oxygens (including phenoxy) is 2. The Balaban J connectivity index is 1.45. The van der Waals surface area contributed by atoms with Crippen molar-refractivity contribution in [2.24, 2.45) is 0 Å². The first kappa shape index (κ1) is 18.8. The highest BCUT2D eigenvalue weighted by molar-refractivity contribution is 7.18. The van der Waals surface area contributed by atoms with Gasteiger partial charge in [0.25, 0.3) is 0 Å². The van der Waals surface area contributed by atoms with Gasteiger partial charge in [-0.05, 0) is 35.9 Å². The second-order valence-electron chi connectivity index (χ2n) is 6.48. The highest BCUT2D eigenvalue weighted by atomic mass is 35.5. The Hall–Kier alpha value is -2.57. The molecule has 0 N–H and O–H groups in total. The van der Waals surface area contributed by atoms with E-state index >= 15 is 0 Å². The van der Waals surface area contributed by atoms with Crippen molar-refractivity contribution in [3.8, 4) is 11.5 Å². The monoisotopic (exact) mass is 414 g/mol. The summed E-state index contributed by atoms with van der Waals surface area (Å²) < 4.78 is 12.4. The van der Waals surface area contributed by atoms with E-state index in [2.05, 4.69) is 4.98 Å². The van der Waals surface area contributed by atoms with Crippen molar-refractivity contribution in [2.75, 3.05) is 20.3 Å². The van der Waals surface area contributed by atoms with Gasteiger partial charge >= 0.3 is 0 Å². The molecule has 2 aromatic carbocycles. The first-order valence-electron chi connectivity index (χ1n) is 8.97. The molecule has 28 heavy (non-hydrogen) atoms. The van der Waals surface area contributed by atoms with Gasteiger partial charge in [0, 0.05) is 19.5 Å². The maximum atomic E-state index is 12.5. The molecule has 4 rings (SSSR count). The molecule has 2 heterocycles. The normalized spacial score (nSPS) is 13.6. The standard InChI is InChI=1S/C21H19ClN2O3S/c1-24(13-19-23-16-5-2-3-6-18(16)28-19)20(25)8-7-14-11-15(22)21-17(12-14)26-9-4-10-27-21/h2-3,5-8,11-12H,4,9-10,13H2,1H3. The maximum absolute atomic E-state index is 12.5. The second-order valence-corrected chi connectivity index (χ2v) is 8.01. The van der Waals surface area contributed by atoms with Crippen LogP contribution in [-0.4, -0.2) is 36.1 Å². The van der Waals surface area contributed by atoms with Crippen molar-refractivity contribution in [3.63, 3.8) is 0 Å². The van der Waals surface area contributed by atoms with E-state index in [1.54, 1.807) is 35.4 Å². The molecule has 0 saturated carbocycles. The molecule has 0 bridgehead atoms. The van der Waals surface area contributed by atoms with E-state index in [0.717, 1.165) is 27.2 Å². The highest BCUT2D eigenvalue weighted by Gasteiger charge is 2.15. The quantitative estimate of drug-likeness (QED) is 0.576. The fourth-order valence-corrected chi connectivity index (χ4v) is 4.20. The van der Waals surface area contributed by atoms with Crippen molar-refractivity contribution in [1.82, 2.24) is 9.88 Å². The zero-order chi connectivity index (χ0) is 19.5. The number of benzene rings is 2. The van der Waals surface area contributed by atoms with Crippen molar-refractivity contribution < 1.29 is 14.3 Å². The minimum Gasteiger partial charge on any atom is -0.489 e. The Kier molecular flexibility index (Phi) is 5.50. The van der Waals surface area contributed by atoms with Crippen LogP contribution in [0.15, 0.2) is 42.5 Å². The summed E-state index contributed by atoms with van der Waals surface area (Å²) in [4.78, 5) is 18.7. The van der Waals surface area contributed by atoms with Gasteiger partial charge in [-0.1, -0.05) is 23.7 Å². The van der Waals surface area contributed by atoms with Crippen LogP contribution in [0.4, 0.5) is 0 Å². The summed E-state index contributed by atoms with van der Waals surface area (Å²) in [7, 11) is 1.76. The van der Waals surface area contributed by atoms with Gasteiger partial charge in [-0.15, -0.1) is 11.3 Å². The van der Waals surface area contributed by atoms with Crippen LogP contribution in [0.25, 0.3) is 16.3 Å². The van der Waals surface area contributed by atoms with Gasteiger partial charge in [0.05, 0.1) is 35.0 Å². The third kappa shape index (κ3) is 4.13. The van der Waals surface area contributed by atoms with Crippen LogP contribution < -0.4 is 9.47 Å². The molecule has 0 unspecified atom stereocenters. The number of fused-ring (bicyclic) bond motifs is 2. The van der Waals surface area contributed by atoms with Gasteiger partial charge in [-0.2, -0.15) is 0 Å². The number of para-hydroxylation sites is 1. The second kappa shape index (κ2) is 8.20. The highest BCUT2D eigenvalue weighted by Crippen LogP contribution is 2.38. The predicted octanol–water partition coefficient (Wildman–Crippen LogP) is 4.78. The van der Waals surface area contributed by atoms with Crippen LogP contribution in [0, 0.1) is 0 Å². The average molecular weight is 415 g/mol. The van der Waals surface area contributed by atoms with Gasteiger partial charge in [0.15, 0.2) is 11.5 Å². The van der Waals surface area contributed by atoms with Gasteiger partial charge in [0.2, 0.25) is 5.91 Å². The van der Waals surface area contributed by atoms with E-state index in [9.17, 15) is 4.79 Å². The molecule has 0 saturated heterocycles. The smallest absolute Gasteiger partial charge is 0.246 e. The molecular weight excluding hydrogens is 396 g/mol. The summed E-state index contributed by atoms with van der Waals surface area (Å²) in [6.45, 7) is 1.63. The van der Waals surface area contributed by atoms with Gasteiger partial charge in [-0.25, -0.2) is 4.98 Å². The average Bonchev–Trinajstić information content (AvgIpc) is 2.93.